The van der Waals surface area contributed by atoms with Crippen molar-refractivity contribution in [3.63, 3.8) is 0 Å². The molecule has 2 aromatic rings. The van der Waals surface area contributed by atoms with Crippen LogP contribution in [0.3, 0.4) is 0 Å². The van der Waals surface area contributed by atoms with Crippen LogP contribution in [0.1, 0.15) is 33.1 Å². The average Bonchev–Trinajstić information content (AvgIpc) is 2.74. The lowest BCUT2D eigenvalue weighted by Crippen LogP contribution is -2.40. The molecule has 1 aliphatic rings. The maximum atomic E-state index is 12.7. The normalized spacial score (nSPS) is 15.3. The Labute approximate surface area is 173 Å². The van der Waals surface area contributed by atoms with Gasteiger partial charge in [0, 0.05) is 24.8 Å². The first-order valence-electron chi connectivity index (χ1n) is 10.00. The monoisotopic (exact) mass is 416 g/mol. The summed E-state index contributed by atoms with van der Waals surface area (Å²) in [4.78, 5) is 14.6. The number of amides is 1. The molecule has 0 saturated carbocycles. The van der Waals surface area contributed by atoms with Gasteiger partial charge in [0.05, 0.1) is 4.90 Å². The van der Waals surface area contributed by atoms with Crippen LogP contribution >= 0.6 is 0 Å². The van der Waals surface area contributed by atoms with E-state index in [9.17, 15) is 13.2 Å². The van der Waals surface area contributed by atoms with Gasteiger partial charge < -0.3 is 9.64 Å². The lowest BCUT2D eigenvalue weighted by Gasteiger charge is -2.27. The Balaban J connectivity index is 1.64. The summed E-state index contributed by atoms with van der Waals surface area (Å²) >= 11 is 0. The van der Waals surface area contributed by atoms with Gasteiger partial charge in [-0.05, 0) is 63.1 Å². The minimum absolute atomic E-state index is 0.00874. The molecule has 2 aromatic carbocycles. The number of para-hydroxylation sites is 1. The molecule has 0 bridgehead atoms. The van der Waals surface area contributed by atoms with Gasteiger partial charge >= 0.3 is 0 Å². The van der Waals surface area contributed by atoms with Gasteiger partial charge in [-0.3, -0.25) is 4.79 Å². The second-order valence-corrected chi connectivity index (χ2v) is 9.36. The molecule has 7 heteroatoms. The Kier molecular flexibility index (Phi) is 6.92. The molecule has 1 fully saturated rings. The number of carbonyl (C=O) groups is 1. The molecule has 156 valence electrons. The maximum absolute atomic E-state index is 12.7. The van der Waals surface area contributed by atoms with E-state index in [4.69, 9.17) is 4.74 Å². The van der Waals surface area contributed by atoms with Gasteiger partial charge in [-0.15, -0.1) is 0 Å². The third-order valence-corrected chi connectivity index (χ3v) is 6.87. The number of carbonyl (C=O) groups excluding carboxylic acids is 1. The molecule has 0 aliphatic carbocycles. The Bertz CT molecular complexity index is 906. The summed E-state index contributed by atoms with van der Waals surface area (Å²) in [5, 5.41) is 0. The van der Waals surface area contributed by atoms with Gasteiger partial charge in [0.15, 0.2) is 6.61 Å². The smallest absolute Gasteiger partial charge is 0.265 e. The zero-order valence-electron chi connectivity index (χ0n) is 17.0. The van der Waals surface area contributed by atoms with Gasteiger partial charge in [-0.2, -0.15) is 4.31 Å². The van der Waals surface area contributed by atoms with Crippen LogP contribution in [0.4, 0.5) is 5.69 Å². The van der Waals surface area contributed by atoms with Gasteiger partial charge in [0.1, 0.15) is 5.75 Å². The zero-order chi connectivity index (χ0) is 20.9. The van der Waals surface area contributed by atoms with E-state index in [1.165, 1.54) is 4.31 Å². The average molecular weight is 417 g/mol. The van der Waals surface area contributed by atoms with E-state index >= 15 is 0 Å². The fourth-order valence-corrected chi connectivity index (χ4v) is 5.01. The summed E-state index contributed by atoms with van der Waals surface area (Å²) in [5.41, 5.74) is 0.819. The van der Waals surface area contributed by atoms with Crippen LogP contribution in [0, 0.1) is 0 Å². The molecule has 6 nitrogen and oxygen atoms in total. The molecule has 1 amide bonds. The SMILES string of the molecule is CC(C)N(C(=O)COc1ccc(S(=O)(=O)N2CCCCC2)cc1)c1ccccc1. The largest absolute Gasteiger partial charge is 0.484 e. The van der Waals surface area contributed by atoms with E-state index in [0.717, 1.165) is 24.9 Å². The number of rotatable bonds is 7. The number of anilines is 1. The second kappa shape index (κ2) is 9.41. The number of ether oxygens (including phenoxy) is 1. The third-order valence-electron chi connectivity index (χ3n) is 4.96. The lowest BCUT2D eigenvalue weighted by atomic mass is 10.2. The molecule has 0 N–H and O–H groups in total. The fourth-order valence-electron chi connectivity index (χ4n) is 3.50. The van der Waals surface area contributed by atoms with E-state index in [0.29, 0.717) is 18.8 Å². The van der Waals surface area contributed by atoms with Crippen molar-refractivity contribution in [2.45, 2.75) is 44.0 Å². The van der Waals surface area contributed by atoms with Gasteiger partial charge in [0.2, 0.25) is 10.0 Å². The van der Waals surface area contributed by atoms with Crippen molar-refractivity contribution < 1.29 is 17.9 Å². The highest BCUT2D eigenvalue weighted by atomic mass is 32.2. The third kappa shape index (κ3) is 5.16. The molecule has 0 aromatic heterocycles. The summed E-state index contributed by atoms with van der Waals surface area (Å²) in [6.07, 6.45) is 2.87. The molecular formula is C22H28N2O4S. The van der Waals surface area contributed by atoms with Crippen molar-refractivity contribution in [1.82, 2.24) is 4.31 Å². The number of hydrogen-bond acceptors (Lipinski definition) is 4. The van der Waals surface area contributed by atoms with Crippen molar-refractivity contribution in [1.29, 1.82) is 0 Å². The highest BCUT2D eigenvalue weighted by Gasteiger charge is 2.26. The number of nitrogens with zero attached hydrogens (tertiary/aromatic N) is 2. The van der Waals surface area contributed by atoms with Crippen molar-refractivity contribution in [2.75, 3.05) is 24.6 Å². The van der Waals surface area contributed by atoms with Crippen LogP contribution in [0.15, 0.2) is 59.5 Å². The molecule has 1 aliphatic heterocycles. The fraction of sp³-hybridized carbons (Fsp3) is 0.409. The van der Waals surface area contributed by atoms with E-state index in [1.54, 1.807) is 29.2 Å². The van der Waals surface area contributed by atoms with Crippen LogP contribution in [-0.2, 0) is 14.8 Å². The number of piperidine rings is 1. The first kappa shape index (κ1) is 21.3. The zero-order valence-corrected chi connectivity index (χ0v) is 17.8. The minimum Gasteiger partial charge on any atom is -0.484 e. The number of benzene rings is 2. The first-order valence-corrected chi connectivity index (χ1v) is 11.4. The predicted molar refractivity (Wildman–Crippen MR) is 114 cm³/mol. The molecule has 0 spiro atoms. The maximum Gasteiger partial charge on any atom is 0.265 e. The topological polar surface area (TPSA) is 66.9 Å². The Morgan fingerprint density at radius 3 is 2.21 bits per heavy atom. The summed E-state index contributed by atoms with van der Waals surface area (Å²) in [6, 6.07) is 15.7. The molecule has 1 saturated heterocycles. The van der Waals surface area contributed by atoms with Gasteiger partial charge in [0.25, 0.3) is 5.91 Å². The molecule has 29 heavy (non-hydrogen) atoms. The van der Waals surface area contributed by atoms with Crippen LogP contribution in [0.2, 0.25) is 0 Å². The predicted octanol–water partition coefficient (Wildman–Crippen LogP) is 3.68. The van der Waals surface area contributed by atoms with Crippen LogP contribution in [0.25, 0.3) is 0 Å². The minimum atomic E-state index is -3.47. The summed E-state index contributed by atoms with van der Waals surface area (Å²) in [7, 11) is -3.47. The Morgan fingerprint density at radius 2 is 1.62 bits per heavy atom. The number of hydrogen-bond donors (Lipinski definition) is 0. The van der Waals surface area contributed by atoms with Crippen molar-refractivity contribution >= 4 is 21.6 Å². The van der Waals surface area contributed by atoms with Crippen LogP contribution in [0.5, 0.6) is 5.75 Å². The first-order chi connectivity index (χ1) is 13.9. The highest BCUT2D eigenvalue weighted by molar-refractivity contribution is 7.89. The quantitative estimate of drug-likeness (QED) is 0.691. The molecule has 0 atom stereocenters. The van der Waals surface area contributed by atoms with E-state index in [-0.39, 0.29) is 23.5 Å². The van der Waals surface area contributed by atoms with E-state index < -0.39 is 10.0 Å². The number of sulfonamides is 1. The van der Waals surface area contributed by atoms with Crippen LogP contribution < -0.4 is 9.64 Å². The molecule has 0 radical (unpaired) electrons. The summed E-state index contributed by atoms with van der Waals surface area (Å²) in [6.45, 7) is 4.92. The van der Waals surface area contributed by atoms with Crippen molar-refractivity contribution in [3.8, 4) is 5.75 Å². The highest BCUT2D eigenvalue weighted by Crippen LogP contribution is 2.23. The van der Waals surface area contributed by atoms with E-state index in [2.05, 4.69) is 0 Å². The second-order valence-electron chi connectivity index (χ2n) is 7.42. The Hall–Kier alpha value is -2.38. The molecule has 0 unspecified atom stereocenters. The van der Waals surface area contributed by atoms with Crippen LogP contribution in [-0.4, -0.2) is 44.4 Å². The van der Waals surface area contributed by atoms with Crippen molar-refractivity contribution in [2.24, 2.45) is 0 Å². The van der Waals surface area contributed by atoms with Gasteiger partial charge in [-0.25, -0.2) is 8.42 Å². The van der Waals surface area contributed by atoms with Crippen molar-refractivity contribution in [3.05, 3.63) is 54.6 Å². The lowest BCUT2D eigenvalue weighted by molar-refractivity contribution is -0.120. The summed E-state index contributed by atoms with van der Waals surface area (Å²) < 4.78 is 32.6. The summed E-state index contributed by atoms with van der Waals surface area (Å²) in [5.74, 6) is 0.309. The standard InChI is InChI=1S/C22H28N2O4S/c1-18(2)24(19-9-5-3-6-10-19)22(25)17-28-20-11-13-21(14-12-20)29(26,27)23-15-7-4-8-16-23/h3,5-6,9-14,18H,4,7-8,15-17H2,1-2H3. The Morgan fingerprint density at radius 1 is 1.00 bits per heavy atom. The molecule has 1 heterocycles. The van der Waals surface area contributed by atoms with Gasteiger partial charge in [-0.1, -0.05) is 24.6 Å². The molecule has 3 rings (SSSR count). The van der Waals surface area contributed by atoms with E-state index in [1.807, 2.05) is 44.2 Å². The molecular weight excluding hydrogens is 388 g/mol.